The standard InChI is InChI=1S/C11H15F3Si/c1-15(2,9-8-11(12,13)14)10-6-4-3-5-7-10/h3-7H,8-9H2,1-2H3. The summed E-state index contributed by atoms with van der Waals surface area (Å²) in [6.45, 7) is 3.96. The summed E-state index contributed by atoms with van der Waals surface area (Å²) in [6, 6.07) is 9.79. The molecular formula is C11H15F3Si. The van der Waals surface area contributed by atoms with E-state index in [1.54, 1.807) is 0 Å². The van der Waals surface area contributed by atoms with Gasteiger partial charge in [-0.3, -0.25) is 0 Å². The van der Waals surface area contributed by atoms with Crippen LogP contribution in [0.4, 0.5) is 13.2 Å². The molecule has 0 fully saturated rings. The number of alkyl halides is 3. The van der Waals surface area contributed by atoms with Gasteiger partial charge in [0.1, 0.15) is 0 Å². The maximum Gasteiger partial charge on any atom is 0.388 e. The van der Waals surface area contributed by atoms with E-state index in [-0.39, 0.29) is 6.04 Å². The van der Waals surface area contributed by atoms with Crippen LogP contribution in [0.3, 0.4) is 0 Å². The Balaban J connectivity index is 2.68. The summed E-state index contributed by atoms with van der Waals surface area (Å²) in [5.74, 6) is 0. The van der Waals surface area contributed by atoms with Crippen LogP contribution in [0.1, 0.15) is 6.42 Å². The molecule has 84 valence electrons. The fourth-order valence-corrected chi connectivity index (χ4v) is 3.78. The molecule has 0 aromatic heterocycles. The lowest BCUT2D eigenvalue weighted by Crippen LogP contribution is -2.41. The topological polar surface area (TPSA) is 0 Å². The molecule has 0 aliphatic rings. The molecule has 1 rings (SSSR count). The molecule has 0 heterocycles. The zero-order chi connectivity index (χ0) is 11.5. The minimum atomic E-state index is -4.03. The summed E-state index contributed by atoms with van der Waals surface area (Å²) in [4.78, 5) is 0. The maximum absolute atomic E-state index is 12.1. The quantitative estimate of drug-likeness (QED) is 0.699. The van der Waals surface area contributed by atoms with Gasteiger partial charge in [-0.1, -0.05) is 48.6 Å². The summed E-state index contributed by atoms with van der Waals surface area (Å²) in [7, 11) is -1.91. The van der Waals surface area contributed by atoms with E-state index in [0.717, 1.165) is 5.19 Å². The van der Waals surface area contributed by atoms with Crippen LogP contribution in [-0.2, 0) is 0 Å². The normalized spacial score (nSPS) is 12.9. The molecule has 0 unspecified atom stereocenters. The van der Waals surface area contributed by atoms with Crippen molar-refractivity contribution < 1.29 is 13.2 Å². The Labute approximate surface area is 89.1 Å². The van der Waals surface area contributed by atoms with Gasteiger partial charge in [-0.2, -0.15) is 13.2 Å². The Bertz CT molecular complexity index is 303. The first-order chi connectivity index (χ1) is 6.81. The molecule has 0 N–H and O–H groups in total. The van der Waals surface area contributed by atoms with E-state index in [4.69, 9.17) is 0 Å². The Morgan fingerprint density at radius 3 is 2.07 bits per heavy atom. The van der Waals surface area contributed by atoms with Crippen LogP contribution in [0.15, 0.2) is 30.3 Å². The molecule has 0 amide bonds. The second kappa shape index (κ2) is 4.39. The summed E-state index contributed by atoms with van der Waals surface area (Å²) in [5.41, 5.74) is 0. The molecule has 0 saturated heterocycles. The monoisotopic (exact) mass is 232 g/mol. The van der Waals surface area contributed by atoms with Crippen molar-refractivity contribution in [3.05, 3.63) is 30.3 Å². The van der Waals surface area contributed by atoms with E-state index in [9.17, 15) is 13.2 Å². The van der Waals surface area contributed by atoms with Crippen LogP contribution in [0, 0.1) is 0 Å². The summed E-state index contributed by atoms with van der Waals surface area (Å²) in [5, 5.41) is 1.09. The van der Waals surface area contributed by atoms with Gasteiger partial charge in [-0.25, -0.2) is 0 Å². The van der Waals surface area contributed by atoms with Crippen molar-refractivity contribution in [3.63, 3.8) is 0 Å². The van der Waals surface area contributed by atoms with Gasteiger partial charge in [-0.15, -0.1) is 0 Å². The maximum atomic E-state index is 12.1. The van der Waals surface area contributed by atoms with E-state index in [0.29, 0.717) is 0 Å². The molecule has 0 nitrogen and oxygen atoms in total. The highest BCUT2D eigenvalue weighted by atomic mass is 28.3. The average Bonchev–Trinajstić information content (AvgIpc) is 2.16. The summed E-state index contributed by atoms with van der Waals surface area (Å²) >= 11 is 0. The van der Waals surface area contributed by atoms with E-state index in [2.05, 4.69) is 0 Å². The van der Waals surface area contributed by atoms with Crippen LogP contribution in [-0.4, -0.2) is 14.3 Å². The molecule has 0 saturated carbocycles. The molecule has 0 spiro atoms. The Hall–Kier alpha value is -0.773. The highest BCUT2D eigenvalue weighted by molar-refractivity contribution is 6.89. The van der Waals surface area contributed by atoms with Crippen molar-refractivity contribution in [1.82, 2.24) is 0 Å². The lowest BCUT2D eigenvalue weighted by molar-refractivity contribution is -0.130. The van der Waals surface area contributed by atoms with Crippen molar-refractivity contribution in [2.24, 2.45) is 0 Å². The van der Waals surface area contributed by atoms with Crippen LogP contribution in [0.5, 0.6) is 0 Å². The van der Waals surface area contributed by atoms with Gasteiger partial charge < -0.3 is 0 Å². The minimum absolute atomic E-state index is 0.264. The second-order valence-corrected chi connectivity index (χ2v) is 9.21. The summed E-state index contributed by atoms with van der Waals surface area (Å²) < 4.78 is 36.4. The van der Waals surface area contributed by atoms with Gasteiger partial charge in [-0.05, 0) is 6.04 Å². The van der Waals surface area contributed by atoms with Crippen LogP contribution >= 0.6 is 0 Å². The Morgan fingerprint density at radius 2 is 1.60 bits per heavy atom. The highest BCUT2D eigenvalue weighted by Gasteiger charge is 2.32. The molecule has 0 radical (unpaired) electrons. The van der Waals surface area contributed by atoms with Crippen LogP contribution in [0.2, 0.25) is 19.1 Å². The van der Waals surface area contributed by atoms with Crippen molar-refractivity contribution >= 4 is 13.3 Å². The largest absolute Gasteiger partial charge is 0.388 e. The van der Waals surface area contributed by atoms with E-state index in [1.807, 2.05) is 43.4 Å². The number of halogens is 3. The first-order valence-electron chi connectivity index (χ1n) is 4.93. The predicted molar refractivity (Wildman–Crippen MR) is 59.0 cm³/mol. The zero-order valence-corrected chi connectivity index (χ0v) is 9.93. The predicted octanol–water partition coefficient (Wildman–Crippen LogP) is 3.55. The second-order valence-electron chi connectivity index (χ2n) is 4.37. The van der Waals surface area contributed by atoms with Crippen LogP contribution in [0.25, 0.3) is 0 Å². The molecule has 4 heteroatoms. The van der Waals surface area contributed by atoms with Crippen LogP contribution < -0.4 is 5.19 Å². The highest BCUT2D eigenvalue weighted by Crippen LogP contribution is 2.25. The number of benzene rings is 1. The van der Waals surface area contributed by atoms with Crippen molar-refractivity contribution in [1.29, 1.82) is 0 Å². The van der Waals surface area contributed by atoms with Gasteiger partial charge in [0.05, 0.1) is 8.07 Å². The Morgan fingerprint density at radius 1 is 1.07 bits per heavy atom. The third kappa shape index (κ3) is 4.07. The number of rotatable bonds is 3. The molecule has 0 aliphatic heterocycles. The third-order valence-corrected chi connectivity index (χ3v) is 5.99. The van der Waals surface area contributed by atoms with Gasteiger partial charge in [0.15, 0.2) is 0 Å². The lowest BCUT2D eigenvalue weighted by Gasteiger charge is -2.23. The van der Waals surface area contributed by atoms with E-state index < -0.39 is 20.7 Å². The molecule has 0 aliphatic carbocycles. The van der Waals surface area contributed by atoms with Gasteiger partial charge in [0.2, 0.25) is 0 Å². The molecule has 15 heavy (non-hydrogen) atoms. The van der Waals surface area contributed by atoms with Gasteiger partial charge in [0, 0.05) is 6.42 Å². The number of hydrogen-bond donors (Lipinski definition) is 0. The molecule has 0 atom stereocenters. The fourth-order valence-electron chi connectivity index (χ4n) is 1.49. The van der Waals surface area contributed by atoms with E-state index in [1.165, 1.54) is 0 Å². The van der Waals surface area contributed by atoms with E-state index >= 15 is 0 Å². The van der Waals surface area contributed by atoms with Gasteiger partial charge >= 0.3 is 6.18 Å². The van der Waals surface area contributed by atoms with Crippen molar-refractivity contribution in [2.75, 3.05) is 0 Å². The smallest absolute Gasteiger partial charge is 0.171 e. The summed E-state index contributed by atoms with van der Waals surface area (Å²) in [6.07, 6.45) is -4.69. The average molecular weight is 232 g/mol. The Kier molecular flexibility index (Phi) is 3.60. The SMILES string of the molecule is C[Si](C)(CCC(F)(F)F)c1ccccc1. The zero-order valence-electron chi connectivity index (χ0n) is 8.93. The minimum Gasteiger partial charge on any atom is -0.171 e. The first kappa shape index (κ1) is 12.3. The van der Waals surface area contributed by atoms with Crippen molar-refractivity contribution in [3.8, 4) is 0 Å². The van der Waals surface area contributed by atoms with Gasteiger partial charge in [0.25, 0.3) is 0 Å². The lowest BCUT2D eigenvalue weighted by atomic mass is 10.4. The molecule has 0 bridgehead atoms. The molecule has 1 aromatic carbocycles. The van der Waals surface area contributed by atoms with Crippen molar-refractivity contribution in [2.45, 2.75) is 31.7 Å². The third-order valence-electron chi connectivity index (χ3n) is 2.59. The fraction of sp³-hybridized carbons (Fsp3) is 0.455. The molecule has 1 aromatic rings. The molecular weight excluding hydrogens is 217 g/mol. The first-order valence-corrected chi connectivity index (χ1v) is 8.14. The number of hydrogen-bond acceptors (Lipinski definition) is 0.